The number of urea groups is 1. The molecule has 0 aromatic heterocycles. The third-order valence-corrected chi connectivity index (χ3v) is 2.04. The second-order valence-electron chi connectivity index (χ2n) is 2.93. The van der Waals surface area contributed by atoms with Gasteiger partial charge < -0.3 is 5.73 Å². The van der Waals surface area contributed by atoms with Crippen molar-refractivity contribution in [1.82, 2.24) is 9.80 Å². The van der Waals surface area contributed by atoms with E-state index in [2.05, 4.69) is 0 Å². The van der Waals surface area contributed by atoms with E-state index >= 15 is 0 Å². The predicted octanol–water partition coefficient (Wildman–Crippen LogP) is -0.432. The maximum absolute atomic E-state index is 11.5. The van der Waals surface area contributed by atoms with Crippen LogP contribution in [0.25, 0.3) is 0 Å². The number of nitrogens with zero attached hydrogens (tertiary/aromatic N) is 2. The Balaban J connectivity index is 0.00000196. The zero-order chi connectivity index (χ0) is 10.7. The van der Waals surface area contributed by atoms with E-state index in [1.165, 1.54) is 0 Å². The number of imide groups is 2. The van der Waals surface area contributed by atoms with E-state index in [1.54, 1.807) is 6.92 Å². The number of hydrogen-bond donors (Lipinski definition) is 1. The van der Waals surface area contributed by atoms with Crippen molar-refractivity contribution >= 4 is 30.3 Å². The molecule has 1 aliphatic heterocycles. The van der Waals surface area contributed by atoms with Gasteiger partial charge in [-0.2, -0.15) is 0 Å². The Kier molecular flexibility index (Phi) is 5.24. The lowest BCUT2D eigenvalue weighted by atomic mass is 10.2. The largest absolute Gasteiger partial charge is 0.333 e. The number of carbonyl (C=O) groups is 3. The van der Waals surface area contributed by atoms with Crippen LogP contribution in [0.5, 0.6) is 0 Å². The first-order chi connectivity index (χ1) is 6.61. The highest BCUT2D eigenvalue weighted by Gasteiger charge is 2.36. The number of rotatable bonds is 3. The van der Waals surface area contributed by atoms with E-state index in [0.717, 1.165) is 9.80 Å². The molecule has 0 atom stereocenters. The summed E-state index contributed by atoms with van der Waals surface area (Å²) in [5.74, 6) is -0.897. The average Bonchev–Trinajstić information content (AvgIpc) is 2.12. The summed E-state index contributed by atoms with van der Waals surface area (Å²) < 4.78 is 0. The Bertz CT molecular complexity index is 282. The highest BCUT2D eigenvalue weighted by Crippen LogP contribution is 2.10. The number of amides is 4. The number of nitrogens with two attached hydrogens (primary N) is 1. The fourth-order valence-corrected chi connectivity index (χ4v) is 1.34. The monoisotopic (exact) mass is 235 g/mol. The highest BCUT2D eigenvalue weighted by atomic mass is 35.5. The van der Waals surface area contributed by atoms with Gasteiger partial charge in [0.15, 0.2) is 0 Å². The van der Waals surface area contributed by atoms with Gasteiger partial charge in [-0.15, -0.1) is 12.4 Å². The second-order valence-corrected chi connectivity index (χ2v) is 2.93. The third-order valence-electron chi connectivity index (χ3n) is 2.04. The van der Waals surface area contributed by atoms with Crippen molar-refractivity contribution in [2.45, 2.75) is 13.3 Å². The maximum atomic E-state index is 11.5. The molecular formula is C8H14ClN3O3. The molecule has 0 spiro atoms. The molecule has 0 aromatic carbocycles. The zero-order valence-corrected chi connectivity index (χ0v) is 9.25. The molecule has 0 aromatic rings. The van der Waals surface area contributed by atoms with Crippen LogP contribution in [0.15, 0.2) is 0 Å². The van der Waals surface area contributed by atoms with Gasteiger partial charge in [-0.3, -0.25) is 19.4 Å². The topological polar surface area (TPSA) is 83.7 Å². The molecule has 1 heterocycles. The second kappa shape index (κ2) is 5.67. The number of barbiturate groups is 1. The van der Waals surface area contributed by atoms with Crippen molar-refractivity contribution in [3.05, 3.63) is 0 Å². The van der Waals surface area contributed by atoms with E-state index in [0.29, 0.717) is 0 Å². The minimum Gasteiger partial charge on any atom is -0.329 e. The Morgan fingerprint density at radius 3 is 2.20 bits per heavy atom. The van der Waals surface area contributed by atoms with Crippen molar-refractivity contribution < 1.29 is 14.4 Å². The van der Waals surface area contributed by atoms with Gasteiger partial charge in [0.1, 0.15) is 6.42 Å². The molecule has 0 aliphatic carbocycles. The van der Waals surface area contributed by atoms with Gasteiger partial charge in [0.2, 0.25) is 11.8 Å². The lowest BCUT2D eigenvalue weighted by Gasteiger charge is -2.31. The van der Waals surface area contributed by atoms with Crippen LogP contribution in [-0.4, -0.2) is 47.3 Å². The first-order valence-electron chi connectivity index (χ1n) is 4.46. The van der Waals surface area contributed by atoms with Crippen LogP contribution in [-0.2, 0) is 9.59 Å². The smallest absolute Gasteiger partial charge is 0.329 e. The van der Waals surface area contributed by atoms with Gasteiger partial charge >= 0.3 is 6.03 Å². The normalized spacial score (nSPS) is 16.8. The summed E-state index contributed by atoms with van der Waals surface area (Å²) in [5.41, 5.74) is 5.26. The van der Waals surface area contributed by atoms with E-state index in [1.807, 2.05) is 0 Å². The molecule has 2 N–H and O–H groups in total. The fourth-order valence-electron chi connectivity index (χ4n) is 1.34. The summed E-state index contributed by atoms with van der Waals surface area (Å²) in [4.78, 5) is 36.1. The van der Waals surface area contributed by atoms with Crippen molar-refractivity contribution in [3.8, 4) is 0 Å². The molecule has 1 rings (SSSR count). The molecule has 15 heavy (non-hydrogen) atoms. The zero-order valence-electron chi connectivity index (χ0n) is 8.43. The van der Waals surface area contributed by atoms with E-state index in [-0.39, 0.29) is 38.5 Å². The Hall–Kier alpha value is -1.14. The molecule has 86 valence electrons. The molecule has 0 unspecified atom stereocenters. The number of carbonyl (C=O) groups excluding carboxylic acids is 3. The highest BCUT2D eigenvalue weighted by molar-refractivity contribution is 6.14. The van der Waals surface area contributed by atoms with Crippen LogP contribution in [0.4, 0.5) is 4.79 Å². The van der Waals surface area contributed by atoms with Gasteiger partial charge in [0.05, 0.1) is 0 Å². The summed E-state index contributed by atoms with van der Waals surface area (Å²) in [5, 5.41) is 0. The molecule has 1 saturated heterocycles. The van der Waals surface area contributed by atoms with E-state index < -0.39 is 17.8 Å². The van der Waals surface area contributed by atoms with Gasteiger partial charge in [-0.1, -0.05) is 0 Å². The maximum Gasteiger partial charge on any atom is 0.333 e. The molecular weight excluding hydrogens is 222 g/mol. The van der Waals surface area contributed by atoms with Gasteiger partial charge in [0.25, 0.3) is 0 Å². The molecule has 0 saturated carbocycles. The standard InChI is InChI=1S/C8H13N3O3.ClH/c1-2-10-6(12)5-7(13)11(4-3-9)8(10)14;/h2-5,9H2,1H3;1H. The summed E-state index contributed by atoms with van der Waals surface area (Å²) in [6.45, 7) is 2.35. The van der Waals surface area contributed by atoms with Crippen molar-refractivity contribution in [2.75, 3.05) is 19.6 Å². The van der Waals surface area contributed by atoms with Gasteiger partial charge in [-0.25, -0.2) is 4.79 Å². The summed E-state index contributed by atoms with van der Waals surface area (Å²) >= 11 is 0. The van der Waals surface area contributed by atoms with Crippen LogP contribution < -0.4 is 5.73 Å². The molecule has 6 nitrogen and oxygen atoms in total. The SMILES string of the molecule is CCN1C(=O)CC(=O)N(CCN)C1=O.Cl. The van der Waals surface area contributed by atoms with Crippen molar-refractivity contribution in [2.24, 2.45) is 5.73 Å². The third kappa shape index (κ3) is 2.66. The lowest BCUT2D eigenvalue weighted by Crippen LogP contribution is -2.55. The minimum atomic E-state index is -0.556. The van der Waals surface area contributed by atoms with Crippen LogP contribution >= 0.6 is 12.4 Å². The number of halogens is 1. The van der Waals surface area contributed by atoms with Crippen LogP contribution in [0.2, 0.25) is 0 Å². The first kappa shape index (κ1) is 13.9. The Labute approximate surface area is 93.8 Å². The summed E-state index contributed by atoms with van der Waals surface area (Å²) in [6, 6.07) is -0.556. The molecule has 0 bridgehead atoms. The minimum absolute atomic E-state index is 0. The average molecular weight is 236 g/mol. The molecule has 1 fully saturated rings. The summed E-state index contributed by atoms with van der Waals surface area (Å²) in [6.07, 6.45) is -0.237. The molecule has 7 heteroatoms. The van der Waals surface area contributed by atoms with Crippen LogP contribution in [0, 0.1) is 0 Å². The predicted molar refractivity (Wildman–Crippen MR) is 55.4 cm³/mol. The van der Waals surface area contributed by atoms with E-state index in [9.17, 15) is 14.4 Å². The van der Waals surface area contributed by atoms with Gasteiger partial charge in [0, 0.05) is 19.6 Å². The molecule has 4 amide bonds. The van der Waals surface area contributed by atoms with Crippen molar-refractivity contribution in [1.29, 1.82) is 0 Å². The van der Waals surface area contributed by atoms with Gasteiger partial charge in [-0.05, 0) is 6.92 Å². The Morgan fingerprint density at radius 1 is 1.20 bits per heavy atom. The quantitative estimate of drug-likeness (QED) is 0.673. The lowest BCUT2D eigenvalue weighted by molar-refractivity contribution is -0.142. The first-order valence-corrected chi connectivity index (χ1v) is 4.46. The van der Waals surface area contributed by atoms with Crippen molar-refractivity contribution in [3.63, 3.8) is 0 Å². The molecule has 1 aliphatic rings. The summed E-state index contributed by atoms with van der Waals surface area (Å²) in [7, 11) is 0. The van der Waals surface area contributed by atoms with Crippen LogP contribution in [0.1, 0.15) is 13.3 Å². The van der Waals surface area contributed by atoms with E-state index in [4.69, 9.17) is 5.73 Å². The Morgan fingerprint density at radius 2 is 1.73 bits per heavy atom. The van der Waals surface area contributed by atoms with Crippen LogP contribution in [0.3, 0.4) is 0 Å². The number of hydrogen-bond acceptors (Lipinski definition) is 4. The fraction of sp³-hybridized carbons (Fsp3) is 0.625. The molecule has 0 radical (unpaired) electrons.